The Hall–Kier alpha value is -0.610. The van der Waals surface area contributed by atoms with Gasteiger partial charge in [-0.05, 0) is 24.8 Å². The van der Waals surface area contributed by atoms with Crippen LogP contribution in [0.2, 0.25) is 0 Å². The molecule has 1 aliphatic rings. The van der Waals surface area contributed by atoms with Crippen LogP contribution < -0.4 is 5.73 Å². The molecule has 1 heterocycles. The smallest absolute Gasteiger partial charge is 0.239 e. The SMILES string of the molecule is CC(C)CCN1CCN(C(=O)[C@@H](N)C(C)C)CC1. The fourth-order valence-electron chi connectivity index (χ4n) is 2.13. The molecular formula is C14H29N3O. The van der Waals surface area contributed by atoms with E-state index in [-0.39, 0.29) is 17.9 Å². The molecular weight excluding hydrogens is 226 g/mol. The van der Waals surface area contributed by atoms with Gasteiger partial charge in [-0.25, -0.2) is 0 Å². The summed E-state index contributed by atoms with van der Waals surface area (Å²) in [5, 5.41) is 0. The van der Waals surface area contributed by atoms with E-state index in [0.29, 0.717) is 0 Å². The van der Waals surface area contributed by atoms with Crippen LogP contribution >= 0.6 is 0 Å². The number of hydrogen-bond donors (Lipinski definition) is 1. The first-order valence-corrected chi connectivity index (χ1v) is 7.18. The van der Waals surface area contributed by atoms with E-state index in [9.17, 15) is 4.79 Å². The van der Waals surface area contributed by atoms with Gasteiger partial charge in [0.05, 0.1) is 6.04 Å². The minimum absolute atomic E-state index is 0.119. The van der Waals surface area contributed by atoms with Crippen molar-refractivity contribution in [2.75, 3.05) is 32.7 Å². The summed E-state index contributed by atoms with van der Waals surface area (Å²) in [5.41, 5.74) is 5.92. The number of rotatable bonds is 5. The van der Waals surface area contributed by atoms with Gasteiger partial charge < -0.3 is 10.6 Å². The average Bonchev–Trinajstić information content (AvgIpc) is 2.35. The maximum absolute atomic E-state index is 12.1. The lowest BCUT2D eigenvalue weighted by atomic mass is 10.0. The van der Waals surface area contributed by atoms with Gasteiger partial charge >= 0.3 is 0 Å². The summed E-state index contributed by atoms with van der Waals surface area (Å²) >= 11 is 0. The van der Waals surface area contributed by atoms with Gasteiger partial charge in [0.15, 0.2) is 0 Å². The van der Waals surface area contributed by atoms with Crippen LogP contribution in [0, 0.1) is 11.8 Å². The second-order valence-corrected chi connectivity index (χ2v) is 6.12. The van der Waals surface area contributed by atoms with Gasteiger partial charge in [-0.15, -0.1) is 0 Å². The molecule has 0 spiro atoms. The normalized spacial score (nSPS) is 19.6. The topological polar surface area (TPSA) is 49.6 Å². The Labute approximate surface area is 111 Å². The van der Waals surface area contributed by atoms with Crippen molar-refractivity contribution in [3.05, 3.63) is 0 Å². The summed E-state index contributed by atoms with van der Waals surface area (Å²) in [5.74, 6) is 1.09. The first kappa shape index (κ1) is 15.4. The van der Waals surface area contributed by atoms with Crippen LogP contribution in [0.3, 0.4) is 0 Å². The summed E-state index contributed by atoms with van der Waals surface area (Å²) in [7, 11) is 0. The summed E-state index contributed by atoms with van der Waals surface area (Å²) in [6.45, 7) is 13.3. The van der Waals surface area contributed by atoms with Gasteiger partial charge in [0.25, 0.3) is 0 Å². The summed E-state index contributed by atoms with van der Waals surface area (Å²) in [4.78, 5) is 16.5. The summed E-state index contributed by atoms with van der Waals surface area (Å²) in [6.07, 6.45) is 1.24. The molecule has 1 amide bonds. The Kier molecular flexibility index (Phi) is 6.09. The number of carbonyl (C=O) groups is 1. The van der Waals surface area contributed by atoms with Crippen molar-refractivity contribution in [2.45, 2.75) is 40.2 Å². The minimum Gasteiger partial charge on any atom is -0.339 e. The van der Waals surface area contributed by atoms with Crippen LogP contribution in [0.1, 0.15) is 34.1 Å². The third kappa shape index (κ3) is 4.58. The predicted octanol–water partition coefficient (Wildman–Crippen LogP) is 1.16. The molecule has 0 bridgehead atoms. The van der Waals surface area contributed by atoms with Gasteiger partial charge in [0, 0.05) is 26.2 Å². The fraction of sp³-hybridized carbons (Fsp3) is 0.929. The summed E-state index contributed by atoms with van der Waals surface area (Å²) in [6, 6.07) is -0.341. The van der Waals surface area contributed by atoms with Gasteiger partial charge in [0.2, 0.25) is 5.91 Å². The van der Waals surface area contributed by atoms with Crippen molar-refractivity contribution in [1.29, 1.82) is 0 Å². The van der Waals surface area contributed by atoms with Gasteiger partial charge in [-0.1, -0.05) is 27.7 Å². The number of carbonyl (C=O) groups excluding carboxylic acids is 1. The second kappa shape index (κ2) is 7.10. The summed E-state index contributed by atoms with van der Waals surface area (Å²) < 4.78 is 0. The quantitative estimate of drug-likeness (QED) is 0.802. The second-order valence-electron chi connectivity index (χ2n) is 6.12. The highest BCUT2D eigenvalue weighted by Gasteiger charge is 2.26. The highest BCUT2D eigenvalue weighted by atomic mass is 16.2. The van der Waals surface area contributed by atoms with Gasteiger partial charge in [-0.2, -0.15) is 0 Å². The maximum atomic E-state index is 12.1. The first-order chi connectivity index (χ1) is 8.41. The van der Waals surface area contributed by atoms with Crippen LogP contribution in [0.5, 0.6) is 0 Å². The molecule has 4 nitrogen and oxygen atoms in total. The molecule has 4 heteroatoms. The van der Waals surface area contributed by atoms with E-state index in [1.54, 1.807) is 0 Å². The average molecular weight is 255 g/mol. The number of amides is 1. The van der Waals surface area contributed by atoms with E-state index >= 15 is 0 Å². The number of hydrogen-bond acceptors (Lipinski definition) is 3. The Balaban J connectivity index is 2.32. The molecule has 106 valence electrons. The zero-order valence-electron chi connectivity index (χ0n) is 12.4. The fourth-order valence-corrected chi connectivity index (χ4v) is 2.13. The van der Waals surface area contributed by atoms with Crippen molar-refractivity contribution in [2.24, 2.45) is 17.6 Å². The number of piperazine rings is 1. The minimum atomic E-state index is -0.341. The molecule has 0 saturated carbocycles. The van der Waals surface area contributed by atoms with Crippen molar-refractivity contribution in [3.63, 3.8) is 0 Å². The Morgan fingerprint density at radius 2 is 1.67 bits per heavy atom. The molecule has 0 aliphatic carbocycles. The third-order valence-corrected chi connectivity index (χ3v) is 3.71. The Morgan fingerprint density at radius 1 is 1.11 bits per heavy atom. The highest BCUT2D eigenvalue weighted by Crippen LogP contribution is 2.09. The van der Waals surface area contributed by atoms with Crippen LogP contribution in [-0.4, -0.2) is 54.5 Å². The zero-order valence-corrected chi connectivity index (χ0v) is 12.4. The number of nitrogens with two attached hydrogens (primary N) is 1. The molecule has 1 aliphatic heterocycles. The molecule has 1 saturated heterocycles. The van der Waals surface area contributed by atoms with E-state index in [2.05, 4.69) is 18.7 Å². The monoisotopic (exact) mass is 255 g/mol. The largest absolute Gasteiger partial charge is 0.339 e. The van der Waals surface area contributed by atoms with Crippen molar-refractivity contribution in [3.8, 4) is 0 Å². The molecule has 0 aromatic rings. The molecule has 0 unspecified atom stereocenters. The van der Waals surface area contributed by atoms with Crippen LogP contribution in [-0.2, 0) is 4.79 Å². The molecule has 0 aromatic carbocycles. The molecule has 1 atom stereocenters. The van der Waals surface area contributed by atoms with E-state index in [0.717, 1.165) is 38.6 Å². The Bertz CT molecular complexity index is 258. The van der Waals surface area contributed by atoms with Gasteiger partial charge in [0.1, 0.15) is 0 Å². The van der Waals surface area contributed by atoms with Crippen LogP contribution in [0.25, 0.3) is 0 Å². The van der Waals surface area contributed by atoms with E-state index in [1.807, 2.05) is 18.7 Å². The van der Waals surface area contributed by atoms with E-state index < -0.39 is 0 Å². The van der Waals surface area contributed by atoms with Crippen molar-refractivity contribution in [1.82, 2.24) is 9.80 Å². The molecule has 18 heavy (non-hydrogen) atoms. The maximum Gasteiger partial charge on any atom is 0.239 e. The number of nitrogens with zero attached hydrogens (tertiary/aromatic N) is 2. The van der Waals surface area contributed by atoms with Gasteiger partial charge in [-0.3, -0.25) is 9.69 Å². The molecule has 0 radical (unpaired) electrons. The Morgan fingerprint density at radius 3 is 2.11 bits per heavy atom. The zero-order chi connectivity index (χ0) is 13.7. The van der Waals surface area contributed by atoms with E-state index in [4.69, 9.17) is 5.73 Å². The van der Waals surface area contributed by atoms with Crippen molar-refractivity contribution >= 4 is 5.91 Å². The van der Waals surface area contributed by atoms with Crippen LogP contribution in [0.15, 0.2) is 0 Å². The lowest BCUT2D eigenvalue weighted by Gasteiger charge is -2.36. The lowest BCUT2D eigenvalue weighted by molar-refractivity contribution is -0.135. The molecule has 1 fully saturated rings. The molecule has 0 aromatic heterocycles. The van der Waals surface area contributed by atoms with Crippen LogP contribution in [0.4, 0.5) is 0 Å². The van der Waals surface area contributed by atoms with E-state index in [1.165, 1.54) is 6.42 Å². The predicted molar refractivity (Wildman–Crippen MR) is 75.3 cm³/mol. The standard InChI is InChI=1S/C14H29N3O/c1-11(2)5-6-16-7-9-17(10-8-16)14(18)13(15)12(3)4/h11-13H,5-10,15H2,1-4H3/t13-/m0/s1. The lowest BCUT2D eigenvalue weighted by Crippen LogP contribution is -2.54. The first-order valence-electron chi connectivity index (χ1n) is 7.18. The third-order valence-electron chi connectivity index (χ3n) is 3.71. The molecule has 1 rings (SSSR count). The van der Waals surface area contributed by atoms with Crippen molar-refractivity contribution < 1.29 is 4.79 Å². The molecule has 2 N–H and O–H groups in total. The highest BCUT2D eigenvalue weighted by molar-refractivity contribution is 5.82.